The SMILES string of the molecule is Cc1cc(C2CC2)nc(NS(=O)(=O)c2c(C)cccc2F)n1. The van der Waals surface area contributed by atoms with Crippen molar-refractivity contribution in [3.63, 3.8) is 0 Å². The van der Waals surface area contributed by atoms with Gasteiger partial charge in [0, 0.05) is 17.3 Å². The van der Waals surface area contributed by atoms with Crippen LogP contribution in [0.1, 0.15) is 35.7 Å². The fourth-order valence-corrected chi connectivity index (χ4v) is 3.61. The van der Waals surface area contributed by atoms with E-state index in [1.807, 2.05) is 6.07 Å². The van der Waals surface area contributed by atoms with Crippen molar-refractivity contribution in [3.8, 4) is 0 Å². The normalized spacial score (nSPS) is 14.9. The maximum atomic E-state index is 13.9. The molecular formula is C15H16FN3O2S. The zero-order valence-corrected chi connectivity index (χ0v) is 13.1. The number of benzene rings is 1. The van der Waals surface area contributed by atoms with Crippen molar-refractivity contribution >= 4 is 16.0 Å². The predicted molar refractivity (Wildman–Crippen MR) is 80.7 cm³/mol. The molecule has 1 N–H and O–H groups in total. The van der Waals surface area contributed by atoms with Gasteiger partial charge in [-0.25, -0.2) is 27.5 Å². The molecule has 1 aliphatic rings. The second-order valence-corrected chi connectivity index (χ2v) is 7.14. The molecule has 0 aliphatic heterocycles. The molecule has 5 nitrogen and oxygen atoms in total. The average molecular weight is 321 g/mol. The Morgan fingerprint density at radius 3 is 2.59 bits per heavy atom. The molecule has 22 heavy (non-hydrogen) atoms. The van der Waals surface area contributed by atoms with E-state index in [4.69, 9.17) is 0 Å². The molecule has 1 aliphatic carbocycles. The van der Waals surface area contributed by atoms with Crippen LogP contribution in [0.4, 0.5) is 10.3 Å². The smallest absolute Gasteiger partial charge is 0.247 e. The third-order valence-electron chi connectivity index (χ3n) is 3.53. The highest BCUT2D eigenvalue weighted by Gasteiger charge is 2.27. The van der Waals surface area contributed by atoms with Crippen LogP contribution in [0.5, 0.6) is 0 Å². The van der Waals surface area contributed by atoms with E-state index in [1.54, 1.807) is 19.9 Å². The first-order valence-corrected chi connectivity index (χ1v) is 8.48. The topological polar surface area (TPSA) is 72.0 Å². The van der Waals surface area contributed by atoms with Gasteiger partial charge in [0.05, 0.1) is 0 Å². The number of halogens is 1. The molecule has 7 heteroatoms. The number of hydrogen-bond donors (Lipinski definition) is 1. The minimum Gasteiger partial charge on any atom is -0.247 e. The molecule has 116 valence electrons. The summed E-state index contributed by atoms with van der Waals surface area (Å²) in [5.41, 5.74) is 1.85. The molecule has 0 saturated heterocycles. The van der Waals surface area contributed by atoms with E-state index in [-0.39, 0.29) is 10.8 Å². The Hall–Kier alpha value is -2.02. The van der Waals surface area contributed by atoms with Crippen LogP contribution in [0.25, 0.3) is 0 Å². The third-order valence-corrected chi connectivity index (χ3v) is 5.03. The molecule has 2 aromatic rings. The van der Waals surface area contributed by atoms with E-state index in [2.05, 4.69) is 14.7 Å². The monoisotopic (exact) mass is 321 g/mol. The lowest BCUT2D eigenvalue weighted by atomic mass is 10.2. The summed E-state index contributed by atoms with van der Waals surface area (Å²) in [5.74, 6) is -0.424. The van der Waals surface area contributed by atoms with Crippen LogP contribution in [0, 0.1) is 19.7 Å². The number of anilines is 1. The summed E-state index contributed by atoms with van der Waals surface area (Å²) in [5, 5.41) is 0. The summed E-state index contributed by atoms with van der Waals surface area (Å²) < 4.78 is 41.0. The zero-order chi connectivity index (χ0) is 15.9. The molecule has 1 saturated carbocycles. The van der Waals surface area contributed by atoms with E-state index in [1.165, 1.54) is 6.07 Å². The maximum absolute atomic E-state index is 13.9. The van der Waals surface area contributed by atoms with Crippen LogP contribution in [-0.4, -0.2) is 18.4 Å². The number of nitrogens with one attached hydrogen (secondary N) is 1. The van der Waals surface area contributed by atoms with E-state index < -0.39 is 15.8 Å². The zero-order valence-electron chi connectivity index (χ0n) is 12.3. The van der Waals surface area contributed by atoms with Gasteiger partial charge in [-0.05, 0) is 44.4 Å². The van der Waals surface area contributed by atoms with Crippen LogP contribution in [0.3, 0.4) is 0 Å². The maximum Gasteiger partial charge on any atom is 0.267 e. The predicted octanol–water partition coefficient (Wildman–Crippen LogP) is 2.91. The van der Waals surface area contributed by atoms with Crippen molar-refractivity contribution in [2.45, 2.75) is 37.5 Å². The van der Waals surface area contributed by atoms with E-state index in [9.17, 15) is 12.8 Å². The van der Waals surface area contributed by atoms with Gasteiger partial charge in [-0.1, -0.05) is 12.1 Å². The molecular weight excluding hydrogens is 305 g/mol. The number of nitrogens with zero attached hydrogens (tertiary/aromatic N) is 2. The van der Waals surface area contributed by atoms with Crippen molar-refractivity contribution in [3.05, 3.63) is 47.0 Å². The minimum absolute atomic E-state index is 0.00967. The first-order valence-electron chi connectivity index (χ1n) is 7.00. The third kappa shape index (κ3) is 2.94. The Morgan fingerprint density at radius 2 is 1.95 bits per heavy atom. The highest BCUT2D eigenvalue weighted by atomic mass is 32.2. The summed E-state index contributed by atoms with van der Waals surface area (Å²) in [7, 11) is -4.06. The van der Waals surface area contributed by atoms with E-state index in [0.29, 0.717) is 17.2 Å². The molecule has 0 bridgehead atoms. The molecule has 0 unspecified atom stereocenters. The van der Waals surface area contributed by atoms with Crippen LogP contribution in [-0.2, 0) is 10.0 Å². The molecule has 1 aromatic carbocycles. The summed E-state index contributed by atoms with van der Waals surface area (Å²) in [6, 6.07) is 5.99. The quantitative estimate of drug-likeness (QED) is 0.940. The molecule has 0 spiro atoms. The van der Waals surface area contributed by atoms with Gasteiger partial charge in [0.25, 0.3) is 10.0 Å². The molecule has 1 fully saturated rings. The molecule has 0 amide bonds. The lowest BCUT2D eigenvalue weighted by molar-refractivity contribution is 0.567. The highest BCUT2D eigenvalue weighted by Crippen LogP contribution is 2.39. The van der Waals surface area contributed by atoms with Gasteiger partial charge in [-0.3, -0.25) is 0 Å². The van der Waals surface area contributed by atoms with Crippen LogP contribution < -0.4 is 4.72 Å². The Bertz CT molecular complexity index is 812. The highest BCUT2D eigenvalue weighted by molar-refractivity contribution is 7.92. The number of aryl methyl sites for hydroxylation is 2. The average Bonchev–Trinajstić information content (AvgIpc) is 3.20. The molecule has 3 rings (SSSR count). The number of rotatable bonds is 4. The van der Waals surface area contributed by atoms with Gasteiger partial charge < -0.3 is 0 Å². The second kappa shape index (κ2) is 5.31. The summed E-state index contributed by atoms with van der Waals surface area (Å²) in [6.45, 7) is 3.32. The fraction of sp³-hybridized carbons (Fsp3) is 0.333. The summed E-state index contributed by atoms with van der Waals surface area (Å²) in [6.07, 6.45) is 2.10. The number of sulfonamides is 1. The van der Waals surface area contributed by atoms with Crippen molar-refractivity contribution in [1.29, 1.82) is 0 Å². The van der Waals surface area contributed by atoms with Crippen molar-refractivity contribution in [2.24, 2.45) is 0 Å². The second-order valence-electron chi connectivity index (χ2n) is 5.52. The lowest BCUT2D eigenvalue weighted by Crippen LogP contribution is -2.18. The van der Waals surface area contributed by atoms with Gasteiger partial charge >= 0.3 is 0 Å². The van der Waals surface area contributed by atoms with Crippen LogP contribution in [0.2, 0.25) is 0 Å². The molecule has 1 aromatic heterocycles. The van der Waals surface area contributed by atoms with Crippen molar-refractivity contribution in [2.75, 3.05) is 4.72 Å². The van der Waals surface area contributed by atoms with Gasteiger partial charge in [0.2, 0.25) is 5.95 Å². The molecule has 0 atom stereocenters. The van der Waals surface area contributed by atoms with Crippen molar-refractivity contribution < 1.29 is 12.8 Å². The van der Waals surface area contributed by atoms with Gasteiger partial charge in [-0.15, -0.1) is 0 Å². The van der Waals surface area contributed by atoms with Crippen molar-refractivity contribution in [1.82, 2.24) is 9.97 Å². The standard InChI is InChI=1S/C15H16FN3O2S/c1-9-4-3-5-12(16)14(9)22(20,21)19-15-17-10(2)8-13(18-15)11-6-7-11/h3-5,8,11H,6-7H2,1-2H3,(H,17,18,19). The Labute approximate surface area is 128 Å². The fourth-order valence-electron chi connectivity index (χ4n) is 2.35. The van der Waals surface area contributed by atoms with Gasteiger partial charge in [-0.2, -0.15) is 0 Å². The Balaban J connectivity index is 1.98. The first-order chi connectivity index (χ1) is 10.4. The minimum atomic E-state index is -4.06. The van der Waals surface area contributed by atoms with E-state index in [0.717, 1.165) is 24.6 Å². The van der Waals surface area contributed by atoms with Gasteiger partial charge in [0.15, 0.2) is 0 Å². The Kier molecular flexibility index (Phi) is 3.60. The number of aromatic nitrogens is 2. The largest absolute Gasteiger partial charge is 0.267 e. The van der Waals surface area contributed by atoms with Crippen LogP contribution >= 0.6 is 0 Å². The Morgan fingerprint density at radius 1 is 1.23 bits per heavy atom. The first kappa shape index (κ1) is 14.9. The summed E-state index contributed by atoms with van der Waals surface area (Å²) >= 11 is 0. The summed E-state index contributed by atoms with van der Waals surface area (Å²) in [4.78, 5) is 7.96. The molecule has 0 radical (unpaired) electrons. The lowest BCUT2D eigenvalue weighted by Gasteiger charge is -2.11. The van der Waals surface area contributed by atoms with E-state index >= 15 is 0 Å². The van der Waals surface area contributed by atoms with Gasteiger partial charge in [0.1, 0.15) is 10.7 Å². The molecule has 1 heterocycles. The number of hydrogen-bond acceptors (Lipinski definition) is 4. The van der Waals surface area contributed by atoms with Crippen LogP contribution in [0.15, 0.2) is 29.2 Å².